The van der Waals surface area contributed by atoms with Crippen molar-refractivity contribution in [2.24, 2.45) is 10.1 Å². The number of hydrogen-bond donors (Lipinski definition) is 0. The van der Waals surface area contributed by atoms with Gasteiger partial charge in [0, 0.05) is 65.4 Å². The largest absolute Gasteiger partial charge is 0.506 e. The molecule has 0 aromatic rings. The molecule has 6 heteroatoms. The smallest absolute Gasteiger partial charge is 0.102 e. The summed E-state index contributed by atoms with van der Waals surface area (Å²) in [6.07, 6.45) is 4.49. The average molecular weight is 323 g/mol. The van der Waals surface area contributed by atoms with Crippen molar-refractivity contribution in [1.29, 1.82) is 0 Å². The van der Waals surface area contributed by atoms with Gasteiger partial charge in [-0.15, -0.1) is 0 Å². The van der Waals surface area contributed by atoms with Gasteiger partial charge in [-0.2, -0.15) is 6.92 Å². The maximum Gasteiger partial charge on any atom is 0.102 e. The van der Waals surface area contributed by atoms with E-state index in [1.165, 1.54) is 7.11 Å². The number of aliphatic imine (C=N–C) groups is 1. The van der Waals surface area contributed by atoms with Crippen LogP contribution in [0.4, 0.5) is 4.39 Å². The van der Waals surface area contributed by atoms with Gasteiger partial charge in [0.2, 0.25) is 0 Å². The van der Waals surface area contributed by atoms with Crippen molar-refractivity contribution < 1.29 is 74.6 Å². The van der Waals surface area contributed by atoms with Crippen LogP contribution in [-0.4, -0.2) is 33.3 Å². The molecule has 0 aliphatic carbocycles. The van der Waals surface area contributed by atoms with Crippen LogP contribution in [0.15, 0.2) is 10.1 Å². The van der Waals surface area contributed by atoms with Crippen molar-refractivity contribution >= 4 is 12.4 Å². The molecule has 0 aliphatic heterocycles. The minimum absolute atomic E-state index is 0. The second-order valence-corrected chi connectivity index (χ2v) is 1.01. The van der Waals surface area contributed by atoms with Crippen molar-refractivity contribution in [3.05, 3.63) is 0 Å². The zero-order valence-electron chi connectivity index (χ0n) is 7.54. The van der Waals surface area contributed by atoms with Gasteiger partial charge in [-0.1, -0.05) is 0 Å². The average Bonchev–Trinajstić information content (AvgIpc) is 2.01. The molecular formula is C6H11FN2OY2-2. The predicted molar refractivity (Wildman–Crippen MR) is 39.5 cm³/mol. The molecule has 0 aromatic carbocycles. The van der Waals surface area contributed by atoms with Gasteiger partial charge in [-0.25, -0.2) is 0 Å². The third-order valence-electron chi connectivity index (χ3n) is 0.439. The van der Waals surface area contributed by atoms with Crippen LogP contribution in [-0.2, 0) is 70.3 Å². The zero-order chi connectivity index (χ0) is 8.24. The van der Waals surface area contributed by atoms with Gasteiger partial charge in [-0.05, 0) is 13.7 Å². The van der Waals surface area contributed by atoms with E-state index in [2.05, 4.69) is 21.2 Å². The van der Waals surface area contributed by atoms with Crippen LogP contribution in [0.1, 0.15) is 6.92 Å². The summed E-state index contributed by atoms with van der Waals surface area (Å²) in [5, 5.41) is 2.97. The van der Waals surface area contributed by atoms with E-state index in [-0.39, 0.29) is 65.4 Å². The van der Waals surface area contributed by atoms with E-state index < -0.39 is 6.67 Å². The fourth-order valence-corrected chi connectivity index (χ4v) is 0.0889. The first-order chi connectivity index (χ1) is 4.83. The zero-order valence-corrected chi connectivity index (χ0v) is 13.2. The monoisotopic (exact) mass is 323 g/mol. The molecule has 0 N–H and O–H groups in total. The standard InChI is InChI=1S/C3H5FNO.C3H6N.2Y/c1-6-5-3-2-4;1-3-4-2;;/h2H2,1H3;1-2H3;;/q2*-1;;/i4-1;;;. The van der Waals surface area contributed by atoms with Gasteiger partial charge in [0.05, 0.1) is 0 Å². The van der Waals surface area contributed by atoms with Gasteiger partial charge in [0.25, 0.3) is 0 Å². The van der Waals surface area contributed by atoms with E-state index in [0.717, 1.165) is 0 Å². The molecule has 66 valence electrons. The van der Waals surface area contributed by atoms with E-state index in [1.807, 2.05) is 6.21 Å². The molecule has 3 nitrogen and oxygen atoms in total. The topological polar surface area (TPSA) is 34.0 Å². The van der Waals surface area contributed by atoms with E-state index in [1.54, 1.807) is 14.0 Å². The molecule has 2 radical (unpaired) electrons. The minimum atomic E-state index is -0.687. The van der Waals surface area contributed by atoms with Gasteiger partial charge in [0.15, 0.2) is 0 Å². The molecular weight excluding hydrogens is 312 g/mol. The summed E-state index contributed by atoms with van der Waals surface area (Å²) in [6, 6.07) is 0. The van der Waals surface area contributed by atoms with Crippen LogP contribution >= 0.6 is 0 Å². The number of alkyl halides is 1. The van der Waals surface area contributed by atoms with Crippen LogP contribution < -0.4 is 0 Å². The van der Waals surface area contributed by atoms with Gasteiger partial charge >= 0.3 is 0 Å². The Kier molecular flexibility index (Phi) is 57.1. The summed E-state index contributed by atoms with van der Waals surface area (Å²) in [6.45, 7) is 1.08. The summed E-state index contributed by atoms with van der Waals surface area (Å²) in [4.78, 5) is 7.54. The van der Waals surface area contributed by atoms with E-state index in [0.29, 0.717) is 0 Å². The molecule has 0 atom stereocenters. The number of nitrogens with zero attached hydrogens (tertiary/aromatic N) is 2. The van der Waals surface area contributed by atoms with E-state index >= 15 is 0 Å². The third kappa shape index (κ3) is 42.8. The van der Waals surface area contributed by atoms with Crippen LogP contribution in [0.3, 0.4) is 0 Å². The SMILES string of the molecule is CON=[C-]C[18F].C[C-]=NC.[Y].[Y]. The van der Waals surface area contributed by atoms with Crippen molar-refractivity contribution in [2.75, 3.05) is 20.8 Å². The summed E-state index contributed by atoms with van der Waals surface area (Å²) in [5.41, 5.74) is 0. The Morgan fingerprint density at radius 1 is 1.42 bits per heavy atom. The molecule has 0 heterocycles. The summed E-state index contributed by atoms with van der Waals surface area (Å²) in [5.74, 6) is 0. The maximum absolute atomic E-state index is 10.9. The van der Waals surface area contributed by atoms with E-state index in [4.69, 9.17) is 0 Å². The first-order valence-electron chi connectivity index (χ1n) is 2.61. The normalized spacial score (nSPS) is 8.00. The fraction of sp³-hybridized carbons (Fsp3) is 0.667. The first kappa shape index (κ1) is 23.3. The molecule has 12 heavy (non-hydrogen) atoms. The molecule has 0 saturated heterocycles. The van der Waals surface area contributed by atoms with Crippen LogP contribution in [0, 0.1) is 0 Å². The number of hydrogen-bond acceptors (Lipinski definition) is 3. The van der Waals surface area contributed by atoms with Crippen LogP contribution in [0.2, 0.25) is 0 Å². The van der Waals surface area contributed by atoms with Crippen molar-refractivity contribution in [3.8, 4) is 0 Å². The van der Waals surface area contributed by atoms with Crippen LogP contribution in [0.5, 0.6) is 0 Å². The van der Waals surface area contributed by atoms with Crippen molar-refractivity contribution in [1.82, 2.24) is 0 Å². The van der Waals surface area contributed by atoms with Gasteiger partial charge in [-0.3, -0.25) is 4.39 Å². The van der Waals surface area contributed by atoms with Crippen LogP contribution in [0.25, 0.3) is 0 Å². The Balaban J connectivity index is -0.0000000483. The Morgan fingerprint density at radius 3 is 1.92 bits per heavy atom. The van der Waals surface area contributed by atoms with Crippen molar-refractivity contribution in [3.63, 3.8) is 0 Å². The quantitative estimate of drug-likeness (QED) is 0.425. The minimum Gasteiger partial charge on any atom is -0.506 e. The summed E-state index contributed by atoms with van der Waals surface area (Å²) < 4.78 is 10.9. The third-order valence-corrected chi connectivity index (χ3v) is 0.439. The second-order valence-electron chi connectivity index (χ2n) is 1.01. The van der Waals surface area contributed by atoms with E-state index in [9.17, 15) is 4.39 Å². The summed E-state index contributed by atoms with van der Waals surface area (Å²) in [7, 11) is 3.03. The second kappa shape index (κ2) is 29.5. The molecule has 0 amide bonds. The summed E-state index contributed by atoms with van der Waals surface area (Å²) >= 11 is 0. The Hall–Kier alpha value is 1.28. The molecule has 0 rings (SSSR count). The molecule has 0 bridgehead atoms. The Bertz CT molecular complexity index is 91.5. The Labute approximate surface area is 123 Å². The molecule has 0 fully saturated rings. The predicted octanol–water partition coefficient (Wildman–Crippen LogP) is 1.04. The fourth-order valence-electron chi connectivity index (χ4n) is 0.0889. The Morgan fingerprint density at radius 2 is 1.83 bits per heavy atom. The molecule has 0 unspecified atom stereocenters. The first-order valence-corrected chi connectivity index (χ1v) is 2.61. The molecule has 0 saturated carbocycles. The van der Waals surface area contributed by atoms with Crippen molar-refractivity contribution in [2.45, 2.75) is 6.92 Å². The van der Waals surface area contributed by atoms with Gasteiger partial charge < -0.3 is 27.4 Å². The molecule has 0 aromatic heterocycles. The van der Waals surface area contributed by atoms with Gasteiger partial charge in [0.1, 0.15) is 7.11 Å². The number of halogens is 1. The maximum atomic E-state index is 10.9. The number of rotatable bonds is 2. The molecule has 0 spiro atoms. The molecule has 0 aliphatic rings.